The second kappa shape index (κ2) is 5.67. The third-order valence-electron chi connectivity index (χ3n) is 3.96. The van der Waals surface area contributed by atoms with Crippen LogP contribution in [0, 0.1) is 0 Å². The van der Waals surface area contributed by atoms with Gasteiger partial charge in [0.05, 0.1) is 12.6 Å². The number of rotatable bonds is 3. The van der Waals surface area contributed by atoms with E-state index in [9.17, 15) is 0 Å². The van der Waals surface area contributed by atoms with Crippen LogP contribution in [0.1, 0.15) is 25.7 Å². The van der Waals surface area contributed by atoms with Gasteiger partial charge in [0.15, 0.2) is 0 Å². The Morgan fingerprint density at radius 1 is 1.30 bits per heavy atom. The van der Waals surface area contributed by atoms with Gasteiger partial charge >= 0.3 is 0 Å². The van der Waals surface area contributed by atoms with Crippen molar-refractivity contribution in [1.29, 1.82) is 0 Å². The van der Waals surface area contributed by atoms with Crippen molar-refractivity contribution in [2.45, 2.75) is 37.8 Å². The van der Waals surface area contributed by atoms with Crippen molar-refractivity contribution < 1.29 is 4.74 Å². The van der Waals surface area contributed by atoms with E-state index >= 15 is 0 Å². The Labute approximate surface area is 119 Å². The molecule has 0 unspecified atom stereocenters. The number of para-hydroxylation sites is 1. The number of hydrogen-bond acceptors (Lipinski definition) is 4. The molecule has 4 nitrogen and oxygen atoms in total. The molecule has 1 aromatic heterocycles. The van der Waals surface area contributed by atoms with Gasteiger partial charge in [-0.15, -0.1) is 0 Å². The summed E-state index contributed by atoms with van der Waals surface area (Å²) < 4.78 is 5.47. The van der Waals surface area contributed by atoms with Gasteiger partial charge in [0.2, 0.25) is 0 Å². The Bertz CT molecular complexity index is 599. The van der Waals surface area contributed by atoms with Crippen LogP contribution in [0.2, 0.25) is 0 Å². The summed E-state index contributed by atoms with van der Waals surface area (Å²) in [5, 5.41) is 4.55. The van der Waals surface area contributed by atoms with E-state index in [1.807, 2.05) is 30.3 Å². The first-order chi connectivity index (χ1) is 9.76. The molecule has 1 saturated carbocycles. The van der Waals surface area contributed by atoms with E-state index in [0.29, 0.717) is 12.1 Å². The van der Waals surface area contributed by atoms with Gasteiger partial charge in [-0.2, -0.15) is 0 Å². The smallest absolute Gasteiger partial charge is 0.131 e. The van der Waals surface area contributed by atoms with E-state index in [0.717, 1.165) is 41.7 Å². The summed E-state index contributed by atoms with van der Waals surface area (Å²) in [6.45, 7) is 0. The lowest BCUT2D eigenvalue weighted by Gasteiger charge is -2.28. The molecule has 1 aliphatic rings. The highest BCUT2D eigenvalue weighted by molar-refractivity contribution is 5.86. The molecule has 0 amide bonds. The molecule has 2 atom stereocenters. The predicted octanol–water partition coefficient (Wildman–Crippen LogP) is 2.93. The van der Waals surface area contributed by atoms with E-state index in [1.54, 1.807) is 7.11 Å². The van der Waals surface area contributed by atoms with Crippen molar-refractivity contribution in [2.24, 2.45) is 5.73 Å². The molecule has 3 rings (SSSR count). The topological polar surface area (TPSA) is 60.2 Å². The van der Waals surface area contributed by atoms with Crippen LogP contribution in [0.15, 0.2) is 30.3 Å². The van der Waals surface area contributed by atoms with Crippen molar-refractivity contribution in [3.8, 4) is 5.75 Å². The second-order valence-corrected chi connectivity index (χ2v) is 5.49. The molecule has 1 aliphatic carbocycles. The molecule has 0 saturated heterocycles. The number of pyridine rings is 1. The molecule has 1 aromatic carbocycles. The predicted molar refractivity (Wildman–Crippen MR) is 82.1 cm³/mol. The van der Waals surface area contributed by atoms with Crippen molar-refractivity contribution in [1.82, 2.24) is 4.98 Å². The molecular weight excluding hydrogens is 250 g/mol. The first kappa shape index (κ1) is 13.2. The van der Waals surface area contributed by atoms with Crippen LogP contribution in [-0.4, -0.2) is 24.2 Å². The molecule has 1 heterocycles. The molecule has 4 heteroatoms. The van der Waals surface area contributed by atoms with Gasteiger partial charge in [-0.1, -0.05) is 12.1 Å². The van der Waals surface area contributed by atoms with Gasteiger partial charge in [-0.25, -0.2) is 4.98 Å². The van der Waals surface area contributed by atoms with E-state index < -0.39 is 0 Å². The first-order valence-electron chi connectivity index (χ1n) is 7.22. The number of hydrogen-bond donors (Lipinski definition) is 2. The highest BCUT2D eigenvalue weighted by atomic mass is 16.5. The molecule has 106 valence electrons. The number of benzene rings is 1. The summed E-state index contributed by atoms with van der Waals surface area (Å²) in [5.74, 6) is 1.73. The monoisotopic (exact) mass is 271 g/mol. The van der Waals surface area contributed by atoms with Crippen molar-refractivity contribution in [3.63, 3.8) is 0 Å². The first-order valence-corrected chi connectivity index (χ1v) is 7.22. The minimum atomic E-state index is 0.309. The van der Waals surface area contributed by atoms with Gasteiger partial charge < -0.3 is 15.8 Å². The third-order valence-corrected chi connectivity index (χ3v) is 3.96. The fourth-order valence-electron chi connectivity index (χ4n) is 2.95. The summed E-state index contributed by atoms with van der Waals surface area (Å²) in [4.78, 5) is 4.67. The standard InChI is InChI=1S/C16H21N3O/c1-20-15-10-16(18-12-6-4-5-11(17)9-12)19-14-8-3-2-7-13(14)15/h2-3,7-8,10-12H,4-6,9,17H2,1H3,(H,18,19)/t11-,12+/m0/s1. The van der Waals surface area contributed by atoms with Crippen LogP contribution in [0.3, 0.4) is 0 Å². The van der Waals surface area contributed by atoms with Crippen LogP contribution in [-0.2, 0) is 0 Å². The van der Waals surface area contributed by atoms with Gasteiger partial charge in [0.1, 0.15) is 11.6 Å². The summed E-state index contributed by atoms with van der Waals surface area (Å²) in [6, 6.07) is 10.7. The van der Waals surface area contributed by atoms with Crippen molar-refractivity contribution in [2.75, 3.05) is 12.4 Å². The number of nitrogens with zero attached hydrogens (tertiary/aromatic N) is 1. The minimum Gasteiger partial charge on any atom is -0.496 e. The molecule has 3 N–H and O–H groups in total. The zero-order valence-electron chi connectivity index (χ0n) is 11.8. The van der Waals surface area contributed by atoms with Crippen LogP contribution >= 0.6 is 0 Å². The lowest BCUT2D eigenvalue weighted by atomic mass is 9.91. The molecule has 2 aromatic rings. The summed E-state index contributed by atoms with van der Waals surface area (Å²) in [5.41, 5.74) is 6.99. The van der Waals surface area contributed by atoms with Crippen LogP contribution < -0.4 is 15.8 Å². The average molecular weight is 271 g/mol. The Morgan fingerprint density at radius 3 is 2.95 bits per heavy atom. The second-order valence-electron chi connectivity index (χ2n) is 5.49. The zero-order valence-corrected chi connectivity index (χ0v) is 11.8. The molecule has 1 fully saturated rings. The van der Waals surface area contributed by atoms with E-state index in [1.165, 1.54) is 6.42 Å². The number of nitrogens with one attached hydrogen (secondary N) is 1. The van der Waals surface area contributed by atoms with Gasteiger partial charge in [-0.05, 0) is 37.8 Å². The third kappa shape index (κ3) is 2.70. The lowest BCUT2D eigenvalue weighted by molar-refractivity contribution is 0.407. The number of anilines is 1. The van der Waals surface area contributed by atoms with Gasteiger partial charge in [-0.3, -0.25) is 0 Å². The highest BCUT2D eigenvalue weighted by Crippen LogP contribution is 2.28. The normalized spacial score (nSPS) is 22.7. The van der Waals surface area contributed by atoms with E-state index in [2.05, 4.69) is 10.3 Å². The maximum Gasteiger partial charge on any atom is 0.131 e. The number of ether oxygens (including phenoxy) is 1. The van der Waals surface area contributed by atoms with Gasteiger partial charge in [0, 0.05) is 23.5 Å². The summed E-state index contributed by atoms with van der Waals surface area (Å²) in [7, 11) is 1.70. The fourth-order valence-corrected chi connectivity index (χ4v) is 2.95. The Hall–Kier alpha value is -1.81. The SMILES string of the molecule is COc1cc(N[C@@H]2CCC[C@H](N)C2)nc2ccccc12. The largest absolute Gasteiger partial charge is 0.496 e. The molecular formula is C16H21N3O. The maximum absolute atomic E-state index is 6.04. The minimum absolute atomic E-state index is 0.309. The van der Waals surface area contributed by atoms with Crippen LogP contribution in [0.5, 0.6) is 5.75 Å². The molecule has 0 spiro atoms. The highest BCUT2D eigenvalue weighted by Gasteiger charge is 2.19. The average Bonchev–Trinajstić information content (AvgIpc) is 2.46. The number of nitrogens with two attached hydrogens (primary N) is 1. The van der Waals surface area contributed by atoms with Crippen molar-refractivity contribution in [3.05, 3.63) is 30.3 Å². The van der Waals surface area contributed by atoms with Gasteiger partial charge in [0.25, 0.3) is 0 Å². The quantitative estimate of drug-likeness (QED) is 0.901. The molecule has 20 heavy (non-hydrogen) atoms. The number of methoxy groups -OCH3 is 1. The Kier molecular flexibility index (Phi) is 3.74. The van der Waals surface area contributed by atoms with E-state index in [4.69, 9.17) is 10.5 Å². The van der Waals surface area contributed by atoms with E-state index in [-0.39, 0.29) is 0 Å². The Balaban J connectivity index is 1.87. The molecule has 0 bridgehead atoms. The lowest BCUT2D eigenvalue weighted by Crippen LogP contribution is -2.35. The number of aromatic nitrogens is 1. The summed E-state index contributed by atoms with van der Waals surface area (Å²) >= 11 is 0. The zero-order chi connectivity index (χ0) is 13.9. The Morgan fingerprint density at radius 2 is 2.15 bits per heavy atom. The van der Waals surface area contributed by atoms with Crippen LogP contribution in [0.25, 0.3) is 10.9 Å². The fraction of sp³-hybridized carbons (Fsp3) is 0.438. The van der Waals surface area contributed by atoms with Crippen molar-refractivity contribution >= 4 is 16.7 Å². The molecule has 0 radical (unpaired) electrons. The van der Waals surface area contributed by atoms with Crippen LogP contribution in [0.4, 0.5) is 5.82 Å². The maximum atomic E-state index is 6.04. The number of fused-ring (bicyclic) bond motifs is 1. The summed E-state index contributed by atoms with van der Waals surface area (Å²) in [6.07, 6.45) is 4.48. The molecule has 0 aliphatic heterocycles.